The summed E-state index contributed by atoms with van der Waals surface area (Å²) in [4.78, 5) is 16.4. The van der Waals surface area contributed by atoms with Gasteiger partial charge in [0.05, 0.1) is 11.7 Å². The van der Waals surface area contributed by atoms with Crippen molar-refractivity contribution < 1.29 is 4.79 Å². The van der Waals surface area contributed by atoms with Gasteiger partial charge in [-0.25, -0.2) is 4.68 Å². The van der Waals surface area contributed by atoms with E-state index in [-0.39, 0.29) is 11.9 Å². The van der Waals surface area contributed by atoms with Crippen molar-refractivity contribution >= 4 is 23.4 Å². The van der Waals surface area contributed by atoms with Crippen LogP contribution in [0.1, 0.15) is 18.4 Å². The molecule has 1 aliphatic rings. The number of likely N-dealkylation sites (tertiary alicyclic amines) is 1. The Labute approximate surface area is 168 Å². The molecular weight excluding hydrogens is 372 g/mol. The lowest BCUT2D eigenvalue weighted by atomic mass is 10.1. The lowest BCUT2D eigenvalue weighted by Gasteiger charge is -2.24. The van der Waals surface area contributed by atoms with Gasteiger partial charge in [-0.05, 0) is 72.0 Å². The van der Waals surface area contributed by atoms with E-state index in [0.29, 0.717) is 0 Å². The maximum Gasteiger partial charge on any atom is 0.241 e. The summed E-state index contributed by atoms with van der Waals surface area (Å²) in [5.74, 6) is 0.0344. The third kappa shape index (κ3) is 4.23. The first-order valence-corrected chi connectivity index (χ1v) is 10.5. The van der Waals surface area contributed by atoms with Gasteiger partial charge >= 0.3 is 0 Å². The molecule has 1 unspecified atom stereocenters. The molecule has 4 rings (SSSR count). The Kier molecular flexibility index (Phi) is 5.68. The molecule has 1 aliphatic heterocycles. The van der Waals surface area contributed by atoms with Crippen LogP contribution in [-0.2, 0) is 11.3 Å². The van der Waals surface area contributed by atoms with Crippen LogP contribution < -0.4 is 5.32 Å². The number of aromatic nitrogens is 4. The standard InChI is InChI=1S/C20H22N6OS/c1-28-18-9-7-15(8-10-18)13-25-11-3-6-19(25)20(27)22-16-4-2-5-17(12-16)26-14-21-23-24-26/h2,4-5,7-10,12,14,19H,3,6,11,13H2,1H3,(H,22,27). The van der Waals surface area contributed by atoms with Crippen molar-refractivity contribution in [3.8, 4) is 5.69 Å². The normalized spacial score (nSPS) is 17.0. The summed E-state index contributed by atoms with van der Waals surface area (Å²) < 4.78 is 1.57. The monoisotopic (exact) mass is 394 g/mol. The number of carbonyl (C=O) groups excluding carboxylic acids is 1. The highest BCUT2D eigenvalue weighted by Gasteiger charge is 2.30. The first-order chi connectivity index (χ1) is 13.7. The summed E-state index contributed by atoms with van der Waals surface area (Å²) >= 11 is 1.74. The number of hydrogen-bond donors (Lipinski definition) is 1. The molecule has 0 saturated carbocycles. The summed E-state index contributed by atoms with van der Waals surface area (Å²) in [6.45, 7) is 1.73. The van der Waals surface area contributed by atoms with Gasteiger partial charge in [-0.15, -0.1) is 16.9 Å². The summed E-state index contributed by atoms with van der Waals surface area (Å²) in [5.41, 5.74) is 2.78. The van der Waals surface area contributed by atoms with Crippen molar-refractivity contribution in [2.75, 3.05) is 18.1 Å². The van der Waals surface area contributed by atoms with Gasteiger partial charge in [0.25, 0.3) is 0 Å². The van der Waals surface area contributed by atoms with Crippen molar-refractivity contribution in [3.05, 3.63) is 60.4 Å². The topological polar surface area (TPSA) is 75.9 Å². The Morgan fingerprint density at radius 1 is 1.25 bits per heavy atom. The fraction of sp³-hybridized carbons (Fsp3) is 0.300. The number of hydrogen-bond acceptors (Lipinski definition) is 6. The third-order valence-electron chi connectivity index (χ3n) is 4.94. The molecule has 0 spiro atoms. The van der Waals surface area contributed by atoms with Crippen LogP contribution in [0.4, 0.5) is 5.69 Å². The van der Waals surface area contributed by atoms with Gasteiger partial charge in [0.15, 0.2) is 0 Å². The Hall–Kier alpha value is -2.71. The lowest BCUT2D eigenvalue weighted by Crippen LogP contribution is -2.39. The number of thioether (sulfide) groups is 1. The van der Waals surface area contributed by atoms with Gasteiger partial charge in [0.2, 0.25) is 5.91 Å². The number of tetrazole rings is 1. The molecule has 0 aliphatic carbocycles. The molecule has 28 heavy (non-hydrogen) atoms. The maximum atomic E-state index is 12.9. The lowest BCUT2D eigenvalue weighted by molar-refractivity contribution is -0.120. The number of nitrogens with one attached hydrogen (secondary N) is 1. The van der Waals surface area contributed by atoms with E-state index in [1.807, 2.05) is 24.3 Å². The van der Waals surface area contributed by atoms with Crippen molar-refractivity contribution in [2.24, 2.45) is 0 Å². The molecule has 0 bridgehead atoms. The molecule has 1 saturated heterocycles. The minimum Gasteiger partial charge on any atom is -0.325 e. The average molecular weight is 395 g/mol. The Bertz CT molecular complexity index is 928. The van der Waals surface area contributed by atoms with E-state index in [1.54, 1.807) is 16.4 Å². The van der Waals surface area contributed by atoms with Crippen LogP contribution in [0.15, 0.2) is 59.8 Å². The second kappa shape index (κ2) is 8.53. The number of amides is 1. The van der Waals surface area contributed by atoms with Crippen molar-refractivity contribution in [2.45, 2.75) is 30.3 Å². The summed E-state index contributed by atoms with van der Waals surface area (Å²) in [6.07, 6.45) is 5.51. The average Bonchev–Trinajstić information content (AvgIpc) is 3.41. The molecular formula is C20H22N6OS. The summed E-state index contributed by atoms with van der Waals surface area (Å²) in [7, 11) is 0. The quantitative estimate of drug-likeness (QED) is 0.648. The predicted molar refractivity (Wildman–Crippen MR) is 109 cm³/mol. The summed E-state index contributed by atoms with van der Waals surface area (Å²) in [5, 5.41) is 14.2. The van der Waals surface area contributed by atoms with E-state index in [9.17, 15) is 4.79 Å². The number of carbonyl (C=O) groups is 1. The van der Waals surface area contributed by atoms with E-state index < -0.39 is 0 Å². The van der Waals surface area contributed by atoms with Crippen LogP contribution >= 0.6 is 11.8 Å². The molecule has 2 heterocycles. The zero-order valence-electron chi connectivity index (χ0n) is 15.7. The molecule has 7 nitrogen and oxygen atoms in total. The van der Waals surface area contributed by atoms with Crippen molar-refractivity contribution in [1.82, 2.24) is 25.1 Å². The number of nitrogens with zero attached hydrogens (tertiary/aromatic N) is 5. The number of anilines is 1. The molecule has 1 atom stereocenters. The van der Waals surface area contributed by atoms with Crippen molar-refractivity contribution in [3.63, 3.8) is 0 Å². The predicted octanol–water partition coefficient (Wildman–Crippen LogP) is 2.99. The third-order valence-corrected chi connectivity index (χ3v) is 5.68. The minimum atomic E-state index is -0.114. The van der Waals surface area contributed by atoms with Gasteiger partial charge < -0.3 is 5.32 Å². The van der Waals surface area contributed by atoms with Crippen LogP contribution in [0.25, 0.3) is 5.69 Å². The van der Waals surface area contributed by atoms with Gasteiger partial charge in [0, 0.05) is 17.1 Å². The van der Waals surface area contributed by atoms with Crippen molar-refractivity contribution in [1.29, 1.82) is 0 Å². The Morgan fingerprint density at radius 2 is 2.11 bits per heavy atom. The highest BCUT2D eigenvalue weighted by Crippen LogP contribution is 2.23. The zero-order chi connectivity index (χ0) is 19.3. The molecule has 8 heteroatoms. The Balaban J connectivity index is 1.43. The van der Waals surface area contributed by atoms with Gasteiger partial charge in [-0.1, -0.05) is 18.2 Å². The van der Waals surface area contributed by atoms with Crippen LogP contribution in [0.5, 0.6) is 0 Å². The van der Waals surface area contributed by atoms with E-state index >= 15 is 0 Å². The molecule has 0 radical (unpaired) electrons. The SMILES string of the molecule is CSc1ccc(CN2CCCC2C(=O)Nc2cccc(-n3cnnn3)c2)cc1. The zero-order valence-corrected chi connectivity index (χ0v) is 16.5. The van der Waals surface area contributed by atoms with Crippen LogP contribution in [0.3, 0.4) is 0 Å². The molecule has 1 N–H and O–H groups in total. The van der Waals surface area contributed by atoms with Gasteiger partial charge in [0.1, 0.15) is 6.33 Å². The van der Waals surface area contributed by atoms with Crippen LogP contribution in [0, 0.1) is 0 Å². The molecule has 2 aromatic carbocycles. The highest BCUT2D eigenvalue weighted by atomic mass is 32.2. The van der Waals surface area contributed by atoms with Gasteiger partial charge in [-0.3, -0.25) is 9.69 Å². The second-order valence-corrected chi connectivity index (χ2v) is 7.65. The second-order valence-electron chi connectivity index (χ2n) is 6.77. The fourth-order valence-corrected chi connectivity index (χ4v) is 3.92. The number of rotatable bonds is 6. The van der Waals surface area contributed by atoms with E-state index in [0.717, 1.165) is 37.3 Å². The minimum absolute atomic E-state index is 0.0344. The number of benzene rings is 2. The largest absolute Gasteiger partial charge is 0.325 e. The van der Waals surface area contributed by atoms with E-state index in [1.165, 1.54) is 16.8 Å². The van der Waals surface area contributed by atoms with Crippen LogP contribution in [0.2, 0.25) is 0 Å². The molecule has 1 fully saturated rings. The fourth-order valence-electron chi connectivity index (χ4n) is 3.51. The molecule has 1 amide bonds. The maximum absolute atomic E-state index is 12.9. The smallest absolute Gasteiger partial charge is 0.241 e. The molecule has 3 aromatic rings. The summed E-state index contributed by atoms with van der Waals surface area (Å²) in [6, 6.07) is 16.0. The van der Waals surface area contributed by atoms with Gasteiger partial charge in [-0.2, -0.15) is 0 Å². The van der Waals surface area contributed by atoms with E-state index in [4.69, 9.17) is 0 Å². The van der Waals surface area contributed by atoms with E-state index in [2.05, 4.69) is 56.3 Å². The highest BCUT2D eigenvalue weighted by molar-refractivity contribution is 7.98. The Morgan fingerprint density at radius 3 is 2.86 bits per heavy atom. The first-order valence-electron chi connectivity index (χ1n) is 9.24. The first kappa shape index (κ1) is 18.6. The van der Waals surface area contributed by atoms with Crippen LogP contribution in [-0.4, -0.2) is 49.9 Å². The molecule has 144 valence electrons. The molecule has 1 aromatic heterocycles.